The second kappa shape index (κ2) is 13.1. The lowest BCUT2D eigenvalue weighted by Crippen LogP contribution is -2.56. The number of aliphatic hydroxyl groups is 3. The van der Waals surface area contributed by atoms with Crippen LogP contribution in [0.15, 0.2) is 71.6 Å². The summed E-state index contributed by atoms with van der Waals surface area (Å²) in [6.45, 7) is 2.49. The lowest BCUT2D eigenvalue weighted by molar-refractivity contribution is -0.218. The molecule has 208 valence electrons. The molecule has 4 N–H and O–H groups in total. The molecule has 0 amide bonds. The third-order valence-corrected chi connectivity index (χ3v) is 8.39. The van der Waals surface area contributed by atoms with Crippen LogP contribution in [0.25, 0.3) is 0 Å². The van der Waals surface area contributed by atoms with Crippen LogP contribution in [-0.2, 0) is 33.5 Å². The van der Waals surface area contributed by atoms with E-state index in [0.717, 1.165) is 16.9 Å². The number of aliphatic carboxylic acids is 1. The molecule has 1 aliphatic heterocycles. The third-order valence-electron chi connectivity index (χ3n) is 6.60. The predicted octanol–water partition coefficient (Wildman–Crippen LogP) is 3.29. The minimum absolute atomic E-state index is 0.133. The summed E-state index contributed by atoms with van der Waals surface area (Å²) in [5.74, 6) is -0.329. The van der Waals surface area contributed by atoms with Crippen LogP contribution < -0.4 is 4.74 Å². The number of rotatable bonds is 10. The fourth-order valence-corrected chi connectivity index (χ4v) is 5.93. The first-order valence-corrected chi connectivity index (χ1v) is 14.2. The van der Waals surface area contributed by atoms with Crippen LogP contribution in [0.4, 0.5) is 0 Å². The minimum Gasteiger partial charge on any atom is -0.611 e. The Labute approximate surface area is 235 Å². The van der Waals surface area contributed by atoms with Gasteiger partial charge in [0.05, 0.1) is 13.0 Å². The van der Waals surface area contributed by atoms with E-state index in [0.29, 0.717) is 34.1 Å². The molecule has 0 saturated carbocycles. The molecule has 0 spiro atoms. The summed E-state index contributed by atoms with van der Waals surface area (Å²) in [4.78, 5) is 11.3. The number of carboxylic acids is 1. The van der Waals surface area contributed by atoms with E-state index in [9.17, 15) is 24.7 Å². The van der Waals surface area contributed by atoms with Crippen LogP contribution in [0.3, 0.4) is 0 Å². The highest BCUT2D eigenvalue weighted by Crippen LogP contribution is 2.35. The van der Waals surface area contributed by atoms with E-state index in [1.165, 1.54) is 0 Å². The molecule has 1 heterocycles. The molecule has 0 bridgehead atoms. The Hall–Kier alpha value is -2.63. The summed E-state index contributed by atoms with van der Waals surface area (Å²) in [5.41, 5.74) is 2.92. The number of hydrogen-bond acceptors (Lipinski definition) is 7. The average molecular weight is 575 g/mol. The molecule has 0 radical (unpaired) electrons. The van der Waals surface area contributed by atoms with Crippen molar-refractivity contribution in [3.8, 4) is 5.75 Å². The first-order valence-electron chi connectivity index (χ1n) is 12.5. The maximum Gasteiger partial charge on any atom is 0.307 e. The molecule has 4 rings (SSSR count). The van der Waals surface area contributed by atoms with Gasteiger partial charge in [0.2, 0.25) is 0 Å². The largest absolute Gasteiger partial charge is 0.611 e. The van der Waals surface area contributed by atoms with Crippen molar-refractivity contribution in [2.75, 3.05) is 12.4 Å². The Kier molecular flexibility index (Phi) is 9.90. The summed E-state index contributed by atoms with van der Waals surface area (Å²) < 4.78 is 24.5. The summed E-state index contributed by atoms with van der Waals surface area (Å²) in [6, 6.07) is 19.1. The van der Waals surface area contributed by atoms with E-state index >= 15 is 0 Å². The lowest BCUT2D eigenvalue weighted by Gasteiger charge is -2.40. The Balaban J connectivity index is 1.50. The van der Waals surface area contributed by atoms with Gasteiger partial charge in [0.1, 0.15) is 42.0 Å². The fraction of sp³-hybridized carbons (Fsp3) is 0.345. The zero-order valence-corrected chi connectivity index (χ0v) is 22.8. The highest BCUT2D eigenvalue weighted by molar-refractivity contribution is 7.91. The van der Waals surface area contributed by atoms with Crippen molar-refractivity contribution in [1.29, 1.82) is 0 Å². The number of benzene rings is 3. The summed E-state index contributed by atoms with van der Waals surface area (Å²) in [6.07, 6.45) is -6.04. The normalized spacial score (nSPS) is 23.8. The van der Waals surface area contributed by atoms with Crippen molar-refractivity contribution in [1.82, 2.24) is 0 Å². The number of aliphatic hydroxyl groups excluding tert-OH is 3. The number of carboxylic acid groups (broad SMARTS) is 1. The molecule has 10 heteroatoms. The van der Waals surface area contributed by atoms with Crippen molar-refractivity contribution >= 4 is 28.7 Å². The second-order valence-electron chi connectivity index (χ2n) is 9.40. The third kappa shape index (κ3) is 7.32. The van der Waals surface area contributed by atoms with E-state index < -0.39 is 47.7 Å². The van der Waals surface area contributed by atoms with E-state index in [4.69, 9.17) is 26.2 Å². The van der Waals surface area contributed by atoms with Crippen LogP contribution in [0.5, 0.6) is 5.75 Å². The Morgan fingerprint density at radius 2 is 1.64 bits per heavy atom. The van der Waals surface area contributed by atoms with Crippen molar-refractivity contribution in [3.63, 3.8) is 0 Å². The van der Waals surface area contributed by atoms with E-state index in [-0.39, 0.29) is 12.2 Å². The number of halogens is 1. The summed E-state index contributed by atoms with van der Waals surface area (Å²) in [7, 11) is 0. The van der Waals surface area contributed by atoms with E-state index in [1.54, 1.807) is 42.5 Å². The Bertz CT molecular complexity index is 1250. The van der Waals surface area contributed by atoms with Crippen molar-refractivity contribution in [2.45, 2.75) is 55.2 Å². The van der Waals surface area contributed by atoms with Crippen LogP contribution in [0.2, 0.25) is 5.02 Å². The van der Waals surface area contributed by atoms with Gasteiger partial charge in [-0.2, -0.15) is 0 Å². The van der Waals surface area contributed by atoms with Crippen molar-refractivity contribution < 1.29 is 39.2 Å². The maximum absolute atomic E-state index is 13.0. The van der Waals surface area contributed by atoms with Crippen LogP contribution in [0.1, 0.15) is 35.3 Å². The SMILES string of the molecule is CCOc1ccc(Cc2cc([C@@H]3O[C@H](C[S+]([O-])c4ccc(CC(=O)O)cc4)[C@H](O)[C@@H](O)[C@H]3O)ccc2Cl)cc1. The molecule has 8 nitrogen and oxygen atoms in total. The number of carbonyl (C=O) groups is 1. The van der Waals surface area contributed by atoms with Gasteiger partial charge in [-0.1, -0.05) is 48.0 Å². The van der Waals surface area contributed by atoms with Gasteiger partial charge >= 0.3 is 5.97 Å². The first kappa shape index (κ1) is 29.4. The Morgan fingerprint density at radius 3 is 2.28 bits per heavy atom. The average Bonchev–Trinajstić information content (AvgIpc) is 2.91. The molecule has 6 atom stereocenters. The van der Waals surface area contributed by atoms with E-state index in [1.807, 2.05) is 31.2 Å². The highest BCUT2D eigenvalue weighted by atomic mass is 35.5. The standard InChI is InChI=1S/C29H31ClO8S/c1-2-37-21-8-3-17(4-9-21)13-20-15-19(7-12-23(20)30)29-28(35)27(34)26(33)24(38-29)16-39(36)22-10-5-18(6-11-22)14-25(31)32/h3-12,15,24,26-29,33-35H,2,13-14,16H2,1H3,(H,31,32)/t24-,26+,27-,28-,29+,39?/m1/s1. The van der Waals surface area contributed by atoms with Crippen molar-refractivity contribution in [2.24, 2.45) is 0 Å². The van der Waals surface area contributed by atoms with Crippen LogP contribution in [0, 0.1) is 0 Å². The topological polar surface area (TPSA) is 140 Å². The monoisotopic (exact) mass is 574 g/mol. The summed E-state index contributed by atoms with van der Waals surface area (Å²) in [5, 5.41) is 41.4. The molecule has 3 aromatic rings. The van der Waals surface area contributed by atoms with Gasteiger partial charge in [0.15, 0.2) is 4.90 Å². The lowest BCUT2D eigenvalue weighted by atomic mass is 9.90. The molecule has 1 aliphatic rings. The van der Waals surface area contributed by atoms with Gasteiger partial charge in [-0.05, 0) is 77.1 Å². The first-order chi connectivity index (χ1) is 18.7. The molecule has 0 aromatic heterocycles. The summed E-state index contributed by atoms with van der Waals surface area (Å²) >= 11 is 4.85. The van der Waals surface area contributed by atoms with Gasteiger partial charge in [-0.15, -0.1) is 0 Å². The molecular weight excluding hydrogens is 544 g/mol. The fourth-order valence-electron chi connectivity index (χ4n) is 4.54. The molecule has 3 aromatic carbocycles. The van der Waals surface area contributed by atoms with Crippen LogP contribution in [-0.4, -0.2) is 67.7 Å². The van der Waals surface area contributed by atoms with Gasteiger partial charge in [-0.3, -0.25) is 4.79 Å². The maximum atomic E-state index is 13.0. The minimum atomic E-state index is -1.61. The van der Waals surface area contributed by atoms with E-state index in [2.05, 4.69) is 0 Å². The smallest absolute Gasteiger partial charge is 0.307 e. The van der Waals surface area contributed by atoms with Gasteiger partial charge in [-0.25, -0.2) is 0 Å². The predicted molar refractivity (Wildman–Crippen MR) is 147 cm³/mol. The Morgan fingerprint density at radius 1 is 0.974 bits per heavy atom. The molecule has 0 aliphatic carbocycles. The number of ether oxygens (including phenoxy) is 2. The molecule has 1 unspecified atom stereocenters. The quantitative estimate of drug-likeness (QED) is 0.271. The van der Waals surface area contributed by atoms with Gasteiger partial charge in [0.25, 0.3) is 0 Å². The molecule has 1 fully saturated rings. The number of hydrogen-bond donors (Lipinski definition) is 4. The highest BCUT2D eigenvalue weighted by Gasteiger charge is 2.46. The van der Waals surface area contributed by atoms with Crippen molar-refractivity contribution in [3.05, 3.63) is 94.0 Å². The zero-order valence-electron chi connectivity index (χ0n) is 21.3. The zero-order chi connectivity index (χ0) is 28.1. The van der Waals surface area contributed by atoms with Gasteiger partial charge < -0.3 is 34.5 Å². The van der Waals surface area contributed by atoms with Gasteiger partial charge in [0, 0.05) is 5.02 Å². The molecular formula is C29H31ClO8S. The second-order valence-corrected chi connectivity index (χ2v) is 11.3. The molecule has 1 saturated heterocycles. The molecule has 39 heavy (non-hydrogen) atoms. The van der Waals surface area contributed by atoms with Crippen LogP contribution >= 0.6 is 11.6 Å².